The number of benzene rings is 2. The number of nitrogens with zero attached hydrogens (tertiary/aromatic N) is 2. The van der Waals surface area contributed by atoms with E-state index in [1.807, 2.05) is 0 Å². The predicted octanol–water partition coefficient (Wildman–Crippen LogP) is 2.80. The highest BCUT2D eigenvalue weighted by atomic mass is 19.1. The first-order valence-corrected chi connectivity index (χ1v) is 7.62. The zero-order valence-electron chi connectivity index (χ0n) is 13.4. The van der Waals surface area contributed by atoms with Crippen molar-refractivity contribution in [1.29, 1.82) is 0 Å². The Morgan fingerprint density at radius 1 is 1.16 bits per heavy atom. The fourth-order valence-corrected chi connectivity index (χ4v) is 2.66. The fraction of sp³-hybridized carbons (Fsp3) is 0.222. The van der Waals surface area contributed by atoms with Crippen molar-refractivity contribution in [2.75, 3.05) is 6.61 Å². The summed E-state index contributed by atoms with van der Waals surface area (Å²) in [5.74, 6) is -1.11. The third-order valence-corrected chi connectivity index (χ3v) is 3.84. The zero-order chi connectivity index (χ0) is 18.0. The largest absolute Gasteiger partial charge is 0.484 e. The van der Waals surface area contributed by atoms with Crippen LogP contribution in [0.2, 0.25) is 0 Å². The molecule has 0 aromatic heterocycles. The molecule has 5 nitrogen and oxygen atoms in total. The van der Waals surface area contributed by atoms with Crippen molar-refractivity contribution in [2.45, 2.75) is 19.1 Å². The van der Waals surface area contributed by atoms with Crippen LogP contribution in [0, 0.1) is 11.6 Å². The molecule has 1 amide bonds. The van der Waals surface area contributed by atoms with Crippen LogP contribution in [0.1, 0.15) is 18.9 Å². The van der Waals surface area contributed by atoms with E-state index in [1.54, 1.807) is 6.92 Å². The van der Waals surface area contributed by atoms with Gasteiger partial charge in [-0.1, -0.05) is 12.1 Å². The van der Waals surface area contributed by atoms with E-state index in [-0.39, 0.29) is 13.0 Å². The number of carbonyl (C=O) groups excluding carboxylic acids is 1. The molecule has 1 heterocycles. The van der Waals surface area contributed by atoms with Gasteiger partial charge in [-0.2, -0.15) is 10.1 Å². The molecule has 0 spiro atoms. The smallest absolute Gasteiger partial charge is 0.283 e. The van der Waals surface area contributed by atoms with Gasteiger partial charge in [0.2, 0.25) is 0 Å². The topological polar surface area (TPSA) is 62.1 Å². The van der Waals surface area contributed by atoms with Crippen LogP contribution < -0.4 is 4.74 Å². The lowest BCUT2D eigenvalue weighted by Gasteiger charge is -2.31. The molecule has 1 atom stereocenters. The van der Waals surface area contributed by atoms with E-state index < -0.39 is 23.3 Å². The SMILES string of the molecule is CC1=NN(C(=O)COc2ccc(F)cc2)[C@@](O)(c2ccc(F)cc2)C1. The van der Waals surface area contributed by atoms with Crippen molar-refractivity contribution in [2.24, 2.45) is 5.10 Å². The van der Waals surface area contributed by atoms with Crippen molar-refractivity contribution in [1.82, 2.24) is 5.01 Å². The fourth-order valence-electron chi connectivity index (χ4n) is 2.66. The van der Waals surface area contributed by atoms with Gasteiger partial charge in [-0.3, -0.25) is 4.79 Å². The molecule has 1 N–H and O–H groups in total. The number of ether oxygens (including phenoxy) is 1. The number of hydrogen-bond acceptors (Lipinski definition) is 4. The maximum Gasteiger partial charge on any atom is 0.283 e. The highest BCUT2D eigenvalue weighted by molar-refractivity contribution is 5.89. The maximum absolute atomic E-state index is 13.1. The minimum absolute atomic E-state index is 0.112. The molecule has 130 valence electrons. The number of rotatable bonds is 4. The van der Waals surface area contributed by atoms with Crippen molar-refractivity contribution in [3.63, 3.8) is 0 Å². The average molecular weight is 346 g/mol. The minimum atomic E-state index is -1.69. The van der Waals surface area contributed by atoms with Crippen molar-refractivity contribution < 1.29 is 23.4 Å². The Labute approximate surface area is 143 Å². The Morgan fingerprint density at radius 3 is 2.32 bits per heavy atom. The maximum atomic E-state index is 13.1. The number of hydrazone groups is 1. The lowest BCUT2D eigenvalue weighted by atomic mass is 9.97. The monoisotopic (exact) mass is 346 g/mol. The molecular formula is C18H16F2N2O3. The summed E-state index contributed by atoms with van der Waals surface area (Å²) in [6.07, 6.45) is 0.112. The lowest BCUT2D eigenvalue weighted by Crippen LogP contribution is -2.45. The summed E-state index contributed by atoms with van der Waals surface area (Å²) in [4.78, 5) is 12.5. The number of amides is 1. The summed E-state index contributed by atoms with van der Waals surface area (Å²) in [5, 5.41) is 16.0. The molecule has 2 aromatic rings. The van der Waals surface area contributed by atoms with Crippen LogP contribution in [0.25, 0.3) is 0 Å². The Hall–Kier alpha value is -2.80. The summed E-state index contributed by atoms with van der Waals surface area (Å²) < 4.78 is 31.3. The van der Waals surface area contributed by atoms with Crippen LogP contribution >= 0.6 is 0 Å². The highest BCUT2D eigenvalue weighted by Gasteiger charge is 2.44. The molecular weight excluding hydrogens is 330 g/mol. The zero-order valence-corrected chi connectivity index (χ0v) is 13.4. The first-order chi connectivity index (χ1) is 11.9. The summed E-state index contributed by atoms with van der Waals surface area (Å²) in [5.41, 5.74) is -0.785. The molecule has 0 saturated carbocycles. The number of hydrogen-bond donors (Lipinski definition) is 1. The van der Waals surface area contributed by atoms with E-state index in [0.717, 1.165) is 5.01 Å². The van der Waals surface area contributed by atoms with Crippen LogP contribution in [0.3, 0.4) is 0 Å². The molecule has 0 saturated heterocycles. The first kappa shape index (κ1) is 17.0. The molecule has 1 aliphatic heterocycles. The Kier molecular flexibility index (Phi) is 4.50. The van der Waals surface area contributed by atoms with Gasteiger partial charge in [0.15, 0.2) is 12.3 Å². The van der Waals surface area contributed by atoms with Crippen LogP contribution in [0.4, 0.5) is 8.78 Å². The molecule has 0 bridgehead atoms. The molecule has 2 aromatic carbocycles. The van der Waals surface area contributed by atoms with Crippen LogP contribution in [-0.4, -0.2) is 28.3 Å². The number of halogens is 2. The van der Waals surface area contributed by atoms with E-state index in [4.69, 9.17) is 4.74 Å². The molecule has 0 aliphatic carbocycles. The van der Waals surface area contributed by atoms with Crippen LogP contribution in [-0.2, 0) is 10.5 Å². The van der Waals surface area contributed by atoms with Crippen molar-refractivity contribution >= 4 is 11.6 Å². The summed E-state index contributed by atoms with van der Waals surface area (Å²) in [7, 11) is 0. The standard InChI is InChI=1S/C18H16F2N2O3/c1-12-10-18(24,13-2-4-14(19)5-3-13)22(21-12)17(23)11-25-16-8-6-15(20)7-9-16/h2-9,24H,10-11H2,1H3/t18-/m0/s1. The molecule has 3 rings (SSSR count). The second kappa shape index (κ2) is 6.60. The lowest BCUT2D eigenvalue weighted by molar-refractivity contribution is -0.159. The average Bonchev–Trinajstić information content (AvgIpc) is 2.90. The van der Waals surface area contributed by atoms with Crippen molar-refractivity contribution in [3.05, 3.63) is 65.7 Å². The van der Waals surface area contributed by atoms with Gasteiger partial charge in [0.25, 0.3) is 5.91 Å². The Balaban J connectivity index is 1.77. The van der Waals surface area contributed by atoms with Gasteiger partial charge in [0, 0.05) is 17.7 Å². The molecule has 0 radical (unpaired) electrons. The normalized spacial score (nSPS) is 19.7. The third kappa shape index (κ3) is 3.51. The molecule has 0 fully saturated rings. The highest BCUT2D eigenvalue weighted by Crippen LogP contribution is 2.35. The second-order valence-electron chi connectivity index (χ2n) is 5.78. The van der Waals surface area contributed by atoms with Gasteiger partial charge < -0.3 is 9.84 Å². The van der Waals surface area contributed by atoms with E-state index in [0.29, 0.717) is 17.0 Å². The van der Waals surface area contributed by atoms with Gasteiger partial charge >= 0.3 is 0 Å². The van der Waals surface area contributed by atoms with Crippen LogP contribution in [0.15, 0.2) is 53.6 Å². The van der Waals surface area contributed by atoms with E-state index >= 15 is 0 Å². The van der Waals surface area contributed by atoms with E-state index in [1.165, 1.54) is 48.5 Å². The Bertz CT molecular complexity index is 806. The summed E-state index contributed by atoms with van der Waals surface area (Å²) in [6.45, 7) is 1.30. The van der Waals surface area contributed by atoms with Gasteiger partial charge in [-0.25, -0.2) is 8.78 Å². The third-order valence-electron chi connectivity index (χ3n) is 3.84. The second-order valence-corrected chi connectivity index (χ2v) is 5.78. The molecule has 7 heteroatoms. The first-order valence-electron chi connectivity index (χ1n) is 7.62. The van der Waals surface area contributed by atoms with Gasteiger partial charge in [-0.05, 0) is 43.3 Å². The van der Waals surface area contributed by atoms with Crippen LogP contribution in [0.5, 0.6) is 5.75 Å². The van der Waals surface area contributed by atoms with E-state index in [9.17, 15) is 18.7 Å². The Morgan fingerprint density at radius 2 is 1.72 bits per heavy atom. The number of carbonyl (C=O) groups is 1. The quantitative estimate of drug-likeness (QED) is 0.926. The minimum Gasteiger partial charge on any atom is -0.484 e. The predicted molar refractivity (Wildman–Crippen MR) is 86.8 cm³/mol. The van der Waals surface area contributed by atoms with E-state index in [2.05, 4.69) is 5.10 Å². The summed E-state index contributed by atoms with van der Waals surface area (Å²) in [6, 6.07) is 10.5. The molecule has 1 aliphatic rings. The summed E-state index contributed by atoms with van der Waals surface area (Å²) >= 11 is 0. The molecule has 25 heavy (non-hydrogen) atoms. The van der Waals surface area contributed by atoms with Gasteiger partial charge in [-0.15, -0.1) is 0 Å². The number of aliphatic hydroxyl groups is 1. The van der Waals surface area contributed by atoms with Gasteiger partial charge in [0.05, 0.1) is 0 Å². The van der Waals surface area contributed by atoms with Crippen molar-refractivity contribution in [3.8, 4) is 5.75 Å². The van der Waals surface area contributed by atoms with Gasteiger partial charge in [0.1, 0.15) is 17.4 Å². The molecule has 0 unspecified atom stereocenters.